The summed E-state index contributed by atoms with van der Waals surface area (Å²) in [6.45, 7) is 3.38. The van der Waals surface area contributed by atoms with Gasteiger partial charge in [0.25, 0.3) is 0 Å². The van der Waals surface area contributed by atoms with Gasteiger partial charge >= 0.3 is 0 Å². The summed E-state index contributed by atoms with van der Waals surface area (Å²) >= 11 is 1.45. The van der Waals surface area contributed by atoms with Crippen LogP contribution in [-0.4, -0.2) is 10.9 Å². The highest BCUT2D eigenvalue weighted by Crippen LogP contribution is 2.25. The van der Waals surface area contributed by atoms with E-state index < -0.39 is 0 Å². The van der Waals surface area contributed by atoms with Crippen molar-refractivity contribution in [3.05, 3.63) is 36.9 Å². The van der Waals surface area contributed by atoms with Gasteiger partial charge in [-0.25, -0.2) is 4.98 Å². The molecule has 0 spiro atoms. The Labute approximate surface area is 85.1 Å². The monoisotopic (exact) mass is 204 g/mol. The third-order valence-corrected chi connectivity index (χ3v) is 2.66. The summed E-state index contributed by atoms with van der Waals surface area (Å²) < 4.78 is 1.06. The second-order valence-electron chi connectivity index (χ2n) is 2.68. The number of aromatic nitrogens is 1. The highest BCUT2D eigenvalue weighted by atomic mass is 32.1. The fraction of sp³-hybridized carbons (Fsp3) is 0. The first-order valence-corrected chi connectivity index (χ1v) is 4.90. The lowest BCUT2D eigenvalue weighted by Gasteiger charge is -1.92. The molecule has 0 aliphatic rings. The number of para-hydroxylation sites is 1. The predicted octanol–water partition coefficient (Wildman–Crippen LogP) is 2.42. The summed E-state index contributed by atoms with van der Waals surface area (Å²) in [7, 11) is 0. The van der Waals surface area contributed by atoms with Crippen LogP contribution in [0.25, 0.3) is 10.2 Å². The molecule has 0 atom stereocenters. The number of fused-ring (bicyclic) bond motifs is 1. The van der Waals surface area contributed by atoms with Gasteiger partial charge in [0.1, 0.15) is 0 Å². The lowest BCUT2D eigenvalue weighted by molar-refractivity contribution is -0.111. The van der Waals surface area contributed by atoms with Gasteiger partial charge in [0, 0.05) is 0 Å². The first-order chi connectivity index (χ1) is 6.79. The fourth-order valence-electron chi connectivity index (χ4n) is 1.08. The van der Waals surface area contributed by atoms with Gasteiger partial charge in [-0.1, -0.05) is 30.0 Å². The number of carbonyl (C=O) groups is 1. The molecule has 0 fully saturated rings. The van der Waals surface area contributed by atoms with Crippen LogP contribution in [0.3, 0.4) is 0 Å². The molecule has 0 unspecified atom stereocenters. The number of nitrogens with one attached hydrogen (secondary N) is 1. The summed E-state index contributed by atoms with van der Waals surface area (Å²) in [5, 5.41) is 3.24. The van der Waals surface area contributed by atoms with E-state index in [4.69, 9.17) is 0 Å². The molecule has 0 aliphatic carbocycles. The van der Waals surface area contributed by atoms with Gasteiger partial charge < -0.3 is 0 Å². The SMILES string of the molecule is C=CC(=O)Nc1nc2ccccc2s1. The van der Waals surface area contributed by atoms with E-state index in [0.717, 1.165) is 10.2 Å². The smallest absolute Gasteiger partial charge is 0.249 e. The van der Waals surface area contributed by atoms with Crippen molar-refractivity contribution in [1.82, 2.24) is 4.98 Å². The molecule has 4 heteroatoms. The van der Waals surface area contributed by atoms with Gasteiger partial charge in [-0.2, -0.15) is 0 Å². The summed E-state index contributed by atoms with van der Waals surface area (Å²) in [6, 6.07) is 7.74. The van der Waals surface area contributed by atoms with Gasteiger partial charge in [0.05, 0.1) is 10.2 Å². The van der Waals surface area contributed by atoms with Crippen LogP contribution in [0.5, 0.6) is 0 Å². The van der Waals surface area contributed by atoms with Crippen molar-refractivity contribution in [2.24, 2.45) is 0 Å². The summed E-state index contributed by atoms with van der Waals surface area (Å²) in [5.41, 5.74) is 0.900. The first kappa shape index (κ1) is 8.90. The molecule has 3 nitrogen and oxygen atoms in total. The van der Waals surface area contributed by atoms with Crippen LogP contribution in [-0.2, 0) is 4.79 Å². The molecule has 2 aromatic rings. The van der Waals surface area contributed by atoms with E-state index in [1.165, 1.54) is 17.4 Å². The van der Waals surface area contributed by atoms with Crippen LogP contribution in [0, 0.1) is 0 Å². The van der Waals surface area contributed by atoms with Crippen LogP contribution < -0.4 is 5.32 Å². The zero-order valence-electron chi connectivity index (χ0n) is 7.36. The van der Waals surface area contributed by atoms with E-state index in [9.17, 15) is 4.79 Å². The minimum Gasteiger partial charge on any atom is -0.298 e. The maximum absolute atomic E-state index is 11.0. The number of benzene rings is 1. The van der Waals surface area contributed by atoms with Crippen LogP contribution in [0.4, 0.5) is 5.13 Å². The van der Waals surface area contributed by atoms with Gasteiger partial charge in [-0.05, 0) is 18.2 Å². The van der Waals surface area contributed by atoms with Gasteiger partial charge in [-0.15, -0.1) is 0 Å². The second-order valence-corrected chi connectivity index (χ2v) is 3.71. The first-order valence-electron chi connectivity index (χ1n) is 4.08. The van der Waals surface area contributed by atoms with E-state index in [0.29, 0.717) is 5.13 Å². The number of hydrogen-bond donors (Lipinski definition) is 1. The number of anilines is 1. The molecular weight excluding hydrogens is 196 g/mol. The number of thiazole rings is 1. The largest absolute Gasteiger partial charge is 0.298 e. The zero-order chi connectivity index (χ0) is 9.97. The Kier molecular flexibility index (Phi) is 2.28. The molecule has 1 aromatic heterocycles. The summed E-state index contributed by atoms with van der Waals surface area (Å²) in [6.07, 6.45) is 1.23. The van der Waals surface area contributed by atoms with E-state index in [1.807, 2.05) is 24.3 Å². The Morgan fingerprint density at radius 3 is 3.00 bits per heavy atom. The lowest BCUT2D eigenvalue weighted by Crippen LogP contribution is -2.06. The molecular formula is C10H8N2OS. The Bertz CT molecular complexity index is 457. The molecule has 0 bridgehead atoms. The average molecular weight is 204 g/mol. The van der Waals surface area contributed by atoms with Crippen molar-refractivity contribution in [3.63, 3.8) is 0 Å². The molecule has 0 saturated carbocycles. The standard InChI is InChI=1S/C10H8N2OS/c1-2-9(13)12-10-11-7-5-3-4-6-8(7)14-10/h2-6H,1H2,(H,11,12,13). The predicted molar refractivity (Wildman–Crippen MR) is 58.4 cm³/mol. The molecule has 0 aliphatic heterocycles. The van der Waals surface area contributed by atoms with E-state index in [1.54, 1.807) is 0 Å². The van der Waals surface area contributed by atoms with Crippen molar-refractivity contribution >= 4 is 32.6 Å². The Morgan fingerprint density at radius 1 is 1.50 bits per heavy atom. The van der Waals surface area contributed by atoms with Crippen molar-refractivity contribution in [3.8, 4) is 0 Å². The topological polar surface area (TPSA) is 42.0 Å². The number of nitrogens with zero attached hydrogens (tertiary/aromatic N) is 1. The maximum Gasteiger partial charge on any atom is 0.249 e. The number of hydrogen-bond acceptors (Lipinski definition) is 3. The van der Waals surface area contributed by atoms with Gasteiger partial charge in [0.15, 0.2) is 5.13 Å². The number of rotatable bonds is 2. The molecule has 14 heavy (non-hydrogen) atoms. The van der Waals surface area contributed by atoms with Crippen molar-refractivity contribution in [2.75, 3.05) is 5.32 Å². The lowest BCUT2D eigenvalue weighted by atomic mass is 10.3. The zero-order valence-corrected chi connectivity index (χ0v) is 8.17. The molecule has 2 rings (SSSR count). The quantitative estimate of drug-likeness (QED) is 0.763. The Balaban J connectivity index is 2.35. The van der Waals surface area contributed by atoms with E-state index in [-0.39, 0.29) is 5.91 Å². The molecule has 1 aromatic carbocycles. The van der Waals surface area contributed by atoms with Gasteiger partial charge in [-0.3, -0.25) is 10.1 Å². The molecule has 1 heterocycles. The van der Waals surface area contributed by atoms with Crippen LogP contribution in [0.1, 0.15) is 0 Å². The van der Waals surface area contributed by atoms with Crippen LogP contribution in [0.15, 0.2) is 36.9 Å². The highest BCUT2D eigenvalue weighted by molar-refractivity contribution is 7.22. The third kappa shape index (κ3) is 1.65. The highest BCUT2D eigenvalue weighted by Gasteiger charge is 2.03. The second kappa shape index (κ2) is 3.59. The molecule has 0 saturated heterocycles. The summed E-state index contributed by atoms with van der Waals surface area (Å²) in [5.74, 6) is -0.232. The molecule has 1 amide bonds. The third-order valence-electron chi connectivity index (χ3n) is 1.71. The minimum absolute atomic E-state index is 0.232. The van der Waals surface area contributed by atoms with Gasteiger partial charge in [0.2, 0.25) is 5.91 Å². The molecule has 70 valence electrons. The molecule has 1 N–H and O–H groups in total. The summed E-state index contributed by atoms with van der Waals surface area (Å²) in [4.78, 5) is 15.2. The normalized spacial score (nSPS) is 10.0. The van der Waals surface area contributed by atoms with Crippen LogP contribution >= 0.6 is 11.3 Å². The van der Waals surface area contributed by atoms with E-state index in [2.05, 4.69) is 16.9 Å². The Hall–Kier alpha value is -1.68. The van der Waals surface area contributed by atoms with Crippen molar-refractivity contribution in [1.29, 1.82) is 0 Å². The van der Waals surface area contributed by atoms with Crippen molar-refractivity contribution in [2.45, 2.75) is 0 Å². The fourth-order valence-corrected chi connectivity index (χ4v) is 1.95. The Morgan fingerprint density at radius 2 is 2.29 bits per heavy atom. The van der Waals surface area contributed by atoms with Crippen molar-refractivity contribution < 1.29 is 4.79 Å². The number of amides is 1. The maximum atomic E-state index is 11.0. The molecule has 0 radical (unpaired) electrons. The average Bonchev–Trinajstić information content (AvgIpc) is 2.59. The minimum atomic E-state index is -0.232. The van der Waals surface area contributed by atoms with Crippen LogP contribution in [0.2, 0.25) is 0 Å². The number of carbonyl (C=O) groups excluding carboxylic acids is 1. The van der Waals surface area contributed by atoms with E-state index >= 15 is 0 Å².